The molecule has 1 saturated heterocycles. The summed E-state index contributed by atoms with van der Waals surface area (Å²) in [4.78, 5) is 13.1. The summed E-state index contributed by atoms with van der Waals surface area (Å²) in [6.45, 7) is 1.52. The highest BCUT2D eigenvalue weighted by Gasteiger charge is 2.36. The van der Waals surface area contributed by atoms with Gasteiger partial charge in [0.15, 0.2) is 0 Å². The Bertz CT molecular complexity index is 573. The lowest BCUT2D eigenvalue weighted by Gasteiger charge is -2.40. The highest BCUT2D eigenvalue weighted by molar-refractivity contribution is 6.31. The van der Waals surface area contributed by atoms with Crippen molar-refractivity contribution in [1.29, 1.82) is 0 Å². The number of ether oxygens (including phenoxy) is 1. The summed E-state index contributed by atoms with van der Waals surface area (Å²) in [5, 5.41) is 9.50. The van der Waals surface area contributed by atoms with Crippen molar-refractivity contribution in [2.45, 2.75) is 31.4 Å². The molecule has 2 atom stereocenters. The van der Waals surface area contributed by atoms with Crippen molar-refractivity contribution in [2.75, 3.05) is 18.1 Å². The summed E-state index contributed by atoms with van der Waals surface area (Å²) in [6.07, 6.45) is 6.47. The molecule has 1 saturated carbocycles. The van der Waals surface area contributed by atoms with E-state index in [-0.39, 0.29) is 6.10 Å². The molecule has 1 aromatic carbocycles. The third-order valence-corrected chi connectivity index (χ3v) is 4.42. The number of benzene rings is 1. The molecule has 3 rings (SSSR count). The Labute approximate surface area is 129 Å². The number of hydrogen-bond donors (Lipinski definition) is 1. The summed E-state index contributed by atoms with van der Waals surface area (Å²) in [7, 11) is 0. The second-order valence-corrected chi connectivity index (χ2v) is 5.91. The molecule has 0 radical (unpaired) electrons. The fourth-order valence-corrected chi connectivity index (χ4v) is 3.46. The smallest absolute Gasteiger partial charge is 0.328 e. The van der Waals surface area contributed by atoms with Crippen molar-refractivity contribution in [3.63, 3.8) is 0 Å². The van der Waals surface area contributed by atoms with Crippen LogP contribution in [0.4, 0.5) is 5.69 Å². The Kier molecular flexibility index (Phi) is 4.17. The predicted molar refractivity (Wildman–Crippen MR) is 82.8 cm³/mol. The van der Waals surface area contributed by atoms with Gasteiger partial charge in [0.2, 0.25) is 0 Å². The molecule has 21 heavy (non-hydrogen) atoms. The van der Waals surface area contributed by atoms with Gasteiger partial charge in [0.25, 0.3) is 0 Å². The van der Waals surface area contributed by atoms with Gasteiger partial charge in [0, 0.05) is 23.3 Å². The average Bonchev–Trinajstić information content (AvgIpc) is 2.94. The molecule has 1 heterocycles. The normalized spacial score (nSPS) is 25.3. The highest BCUT2D eigenvalue weighted by atomic mass is 35.5. The van der Waals surface area contributed by atoms with E-state index in [2.05, 4.69) is 4.90 Å². The largest absolute Gasteiger partial charge is 0.478 e. The molecular formula is C16H18ClNO3. The van der Waals surface area contributed by atoms with E-state index < -0.39 is 5.97 Å². The molecule has 1 aliphatic heterocycles. The summed E-state index contributed by atoms with van der Waals surface area (Å²) in [6, 6.07) is 5.95. The summed E-state index contributed by atoms with van der Waals surface area (Å²) in [5.41, 5.74) is 1.88. The quantitative estimate of drug-likeness (QED) is 0.871. The SMILES string of the molecule is O=C(O)/C=C/c1ccc(Cl)cc1N1CCOC2CCCC21. The first kappa shape index (κ1) is 14.4. The number of carboxylic acids is 1. The van der Waals surface area contributed by atoms with E-state index in [4.69, 9.17) is 21.4 Å². The number of carbonyl (C=O) groups is 1. The second-order valence-electron chi connectivity index (χ2n) is 5.48. The number of fused-ring (bicyclic) bond motifs is 1. The number of hydrogen-bond acceptors (Lipinski definition) is 3. The zero-order valence-electron chi connectivity index (χ0n) is 11.7. The fraction of sp³-hybridized carbons (Fsp3) is 0.438. The molecule has 2 unspecified atom stereocenters. The van der Waals surface area contributed by atoms with Gasteiger partial charge in [-0.15, -0.1) is 0 Å². The minimum absolute atomic E-state index is 0.286. The van der Waals surface area contributed by atoms with Crippen LogP contribution in [0.15, 0.2) is 24.3 Å². The van der Waals surface area contributed by atoms with E-state index in [9.17, 15) is 4.79 Å². The van der Waals surface area contributed by atoms with Crippen LogP contribution in [0.3, 0.4) is 0 Å². The van der Waals surface area contributed by atoms with Crippen molar-refractivity contribution in [2.24, 2.45) is 0 Å². The molecular weight excluding hydrogens is 290 g/mol. The Morgan fingerprint density at radius 2 is 2.29 bits per heavy atom. The lowest BCUT2D eigenvalue weighted by Crippen LogP contribution is -2.48. The molecule has 0 amide bonds. The van der Waals surface area contributed by atoms with Crippen molar-refractivity contribution < 1.29 is 14.6 Å². The second kappa shape index (κ2) is 6.08. The minimum Gasteiger partial charge on any atom is -0.478 e. The van der Waals surface area contributed by atoms with E-state index in [0.29, 0.717) is 17.7 Å². The van der Waals surface area contributed by atoms with Crippen molar-refractivity contribution >= 4 is 29.3 Å². The van der Waals surface area contributed by atoms with Crippen LogP contribution in [0, 0.1) is 0 Å². The Hall–Kier alpha value is -1.52. The predicted octanol–water partition coefficient (Wildman–Crippen LogP) is 3.20. The van der Waals surface area contributed by atoms with Crippen molar-refractivity contribution in [3.05, 3.63) is 34.9 Å². The standard InChI is InChI=1S/C16H18ClNO3/c17-12-6-4-11(5-7-16(19)20)14(10-12)18-8-9-21-15-3-1-2-13(15)18/h4-7,10,13,15H,1-3,8-9H2,(H,19,20)/b7-5+. The highest BCUT2D eigenvalue weighted by Crippen LogP contribution is 2.36. The molecule has 1 aromatic rings. The van der Waals surface area contributed by atoms with Gasteiger partial charge in [-0.2, -0.15) is 0 Å². The molecule has 1 aliphatic carbocycles. The number of aliphatic carboxylic acids is 1. The van der Waals surface area contributed by atoms with Gasteiger partial charge >= 0.3 is 5.97 Å². The Balaban J connectivity index is 1.95. The van der Waals surface area contributed by atoms with Gasteiger partial charge in [-0.25, -0.2) is 4.79 Å². The van der Waals surface area contributed by atoms with Crippen LogP contribution in [0.2, 0.25) is 5.02 Å². The third kappa shape index (κ3) is 3.06. The molecule has 0 aromatic heterocycles. The van der Waals surface area contributed by atoms with Crippen LogP contribution in [0.25, 0.3) is 6.08 Å². The topological polar surface area (TPSA) is 49.8 Å². The maximum absolute atomic E-state index is 10.8. The van der Waals surface area contributed by atoms with E-state index in [1.165, 1.54) is 12.5 Å². The van der Waals surface area contributed by atoms with Gasteiger partial charge < -0.3 is 14.7 Å². The molecule has 4 nitrogen and oxygen atoms in total. The van der Waals surface area contributed by atoms with Gasteiger partial charge in [0.1, 0.15) is 0 Å². The van der Waals surface area contributed by atoms with Gasteiger partial charge in [-0.05, 0) is 43.0 Å². The first-order chi connectivity index (χ1) is 10.1. The monoisotopic (exact) mass is 307 g/mol. The van der Waals surface area contributed by atoms with Gasteiger partial charge in [-0.1, -0.05) is 17.7 Å². The maximum atomic E-state index is 10.8. The van der Waals surface area contributed by atoms with E-state index in [0.717, 1.165) is 30.6 Å². The van der Waals surface area contributed by atoms with E-state index >= 15 is 0 Å². The number of nitrogens with zero attached hydrogens (tertiary/aromatic N) is 1. The maximum Gasteiger partial charge on any atom is 0.328 e. The van der Waals surface area contributed by atoms with Gasteiger partial charge in [0.05, 0.1) is 18.8 Å². The Morgan fingerprint density at radius 1 is 1.43 bits per heavy atom. The fourth-order valence-electron chi connectivity index (χ4n) is 3.29. The summed E-state index contributed by atoms with van der Waals surface area (Å²) in [5.74, 6) is -0.948. The zero-order valence-corrected chi connectivity index (χ0v) is 12.4. The van der Waals surface area contributed by atoms with Crippen LogP contribution in [0.1, 0.15) is 24.8 Å². The lowest BCUT2D eigenvalue weighted by atomic mass is 10.1. The summed E-state index contributed by atoms with van der Waals surface area (Å²) >= 11 is 6.14. The van der Waals surface area contributed by atoms with Crippen LogP contribution in [-0.2, 0) is 9.53 Å². The van der Waals surface area contributed by atoms with Crippen LogP contribution >= 0.6 is 11.6 Å². The molecule has 0 bridgehead atoms. The van der Waals surface area contributed by atoms with E-state index in [1.807, 2.05) is 12.1 Å². The molecule has 2 fully saturated rings. The number of rotatable bonds is 3. The molecule has 2 aliphatic rings. The zero-order chi connectivity index (χ0) is 14.8. The number of carboxylic acid groups (broad SMARTS) is 1. The van der Waals surface area contributed by atoms with Crippen LogP contribution < -0.4 is 4.90 Å². The lowest BCUT2D eigenvalue weighted by molar-refractivity contribution is -0.131. The van der Waals surface area contributed by atoms with Crippen molar-refractivity contribution in [3.8, 4) is 0 Å². The molecule has 0 spiro atoms. The number of morpholine rings is 1. The Morgan fingerprint density at radius 3 is 3.10 bits per heavy atom. The third-order valence-electron chi connectivity index (χ3n) is 4.19. The molecule has 5 heteroatoms. The first-order valence-electron chi connectivity index (χ1n) is 7.24. The number of halogens is 1. The summed E-state index contributed by atoms with van der Waals surface area (Å²) < 4.78 is 5.84. The van der Waals surface area contributed by atoms with E-state index in [1.54, 1.807) is 12.1 Å². The average molecular weight is 308 g/mol. The van der Waals surface area contributed by atoms with Crippen LogP contribution in [0.5, 0.6) is 0 Å². The first-order valence-corrected chi connectivity index (χ1v) is 7.62. The van der Waals surface area contributed by atoms with Crippen molar-refractivity contribution in [1.82, 2.24) is 0 Å². The minimum atomic E-state index is -0.948. The molecule has 1 N–H and O–H groups in total. The van der Waals surface area contributed by atoms with Crippen LogP contribution in [-0.4, -0.2) is 36.4 Å². The van der Waals surface area contributed by atoms with Gasteiger partial charge in [-0.3, -0.25) is 0 Å². The molecule has 112 valence electrons. The number of anilines is 1.